The van der Waals surface area contributed by atoms with Crippen molar-refractivity contribution in [2.24, 2.45) is 0 Å². The van der Waals surface area contributed by atoms with Crippen LogP contribution < -0.4 is 10.4 Å². The summed E-state index contributed by atoms with van der Waals surface area (Å²) in [6.07, 6.45) is -2.91. The van der Waals surface area contributed by atoms with Gasteiger partial charge in [-0.2, -0.15) is 13.2 Å². The second-order valence-corrected chi connectivity index (χ2v) is 8.88. The van der Waals surface area contributed by atoms with Crippen LogP contribution in [-0.4, -0.2) is 39.5 Å². The van der Waals surface area contributed by atoms with Crippen molar-refractivity contribution in [3.63, 3.8) is 0 Å². The van der Waals surface area contributed by atoms with Gasteiger partial charge < -0.3 is 10.0 Å². The van der Waals surface area contributed by atoms with E-state index in [4.69, 9.17) is 0 Å². The standard InChI is InChI=1S/C25H20F5N3O3/c1-13(25(28,29)30)31-12-33(32-9-8-20(34)23(35)22(32)24(31)36)21-18-6-4-16(26)10-14(18)2-3-15-11-17(27)5-7-19(15)21/h4-11,13,21,35H,2-3,12H2,1H3/t13-/m1/s1. The first-order chi connectivity index (χ1) is 17.0. The zero-order chi connectivity index (χ0) is 25.9. The van der Waals surface area contributed by atoms with E-state index < -0.39 is 59.3 Å². The average Bonchev–Trinajstić information content (AvgIpc) is 2.96. The number of fused-ring (bicyclic) bond motifs is 3. The number of nitrogens with zero attached hydrogens (tertiary/aromatic N) is 3. The minimum atomic E-state index is -4.79. The molecule has 6 nitrogen and oxygen atoms in total. The highest BCUT2D eigenvalue weighted by molar-refractivity contribution is 5.96. The highest BCUT2D eigenvalue weighted by Gasteiger charge is 2.47. The maximum absolute atomic E-state index is 14.2. The molecule has 1 amide bonds. The number of amides is 1. The lowest BCUT2D eigenvalue weighted by Crippen LogP contribution is -2.60. The lowest BCUT2D eigenvalue weighted by molar-refractivity contribution is -0.173. The maximum atomic E-state index is 14.2. The maximum Gasteiger partial charge on any atom is 0.408 e. The summed E-state index contributed by atoms with van der Waals surface area (Å²) in [5.41, 5.74) is 0.662. The van der Waals surface area contributed by atoms with Crippen LogP contribution in [0.5, 0.6) is 5.75 Å². The van der Waals surface area contributed by atoms with Gasteiger partial charge in [-0.05, 0) is 66.3 Å². The monoisotopic (exact) mass is 505 g/mol. The number of carbonyl (C=O) groups excluding carboxylic acids is 1. The molecule has 0 saturated carbocycles. The Morgan fingerprint density at radius 1 is 0.944 bits per heavy atom. The number of aromatic hydroxyl groups is 1. The molecule has 1 aromatic heterocycles. The number of alkyl halides is 3. The molecule has 3 aromatic rings. The number of pyridine rings is 1. The van der Waals surface area contributed by atoms with Crippen LogP contribution in [0.1, 0.15) is 45.7 Å². The number of benzene rings is 2. The zero-order valence-corrected chi connectivity index (χ0v) is 18.9. The third-order valence-electron chi connectivity index (χ3n) is 6.79. The van der Waals surface area contributed by atoms with Gasteiger partial charge in [-0.15, -0.1) is 0 Å². The molecular weight excluding hydrogens is 485 g/mol. The van der Waals surface area contributed by atoms with Gasteiger partial charge in [0.05, 0.1) is 6.04 Å². The van der Waals surface area contributed by atoms with E-state index in [0.717, 1.165) is 17.7 Å². The number of halogens is 5. The summed E-state index contributed by atoms with van der Waals surface area (Å²) in [4.78, 5) is 25.8. The third kappa shape index (κ3) is 3.78. The van der Waals surface area contributed by atoms with Gasteiger partial charge in [0.15, 0.2) is 11.4 Å². The molecule has 0 fully saturated rings. The Hall–Kier alpha value is -3.89. The summed E-state index contributed by atoms with van der Waals surface area (Å²) in [7, 11) is 0. The first-order valence-corrected chi connectivity index (χ1v) is 11.1. The Morgan fingerprint density at radius 3 is 2.03 bits per heavy atom. The molecule has 1 aliphatic heterocycles. The van der Waals surface area contributed by atoms with Crippen LogP contribution in [0.3, 0.4) is 0 Å². The second kappa shape index (κ2) is 8.35. The molecule has 2 aromatic carbocycles. The molecular formula is C25H20F5N3O3. The summed E-state index contributed by atoms with van der Waals surface area (Å²) in [5, 5.41) is 11.8. The number of carbonyl (C=O) groups is 1. The Balaban J connectivity index is 1.79. The fraction of sp³-hybridized carbons (Fsp3) is 0.280. The summed E-state index contributed by atoms with van der Waals surface area (Å²) in [5.74, 6) is -3.17. The van der Waals surface area contributed by atoms with Gasteiger partial charge in [0, 0.05) is 12.3 Å². The van der Waals surface area contributed by atoms with Crippen molar-refractivity contribution < 1.29 is 31.9 Å². The van der Waals surface area contributed by atoms with Crippen LogP contribution >= 0.6 is 0 Å². The summed E-state index contributed by atoms with van der Waals surface area (Å²) in [6, 6.07) is 5.94. The molecule has 0 radical (unpaired) electrons. The molecule has 5 rings (SSSR count). The number of rotatable bonds is 2. The summed E-state index contributed by atoms with van der Waals surface area (Å²) >= 11 is 0. The van der Waals surface area contributed by atoms with Crippen LogP contribution in [-0.2, 0) is 12.8 Å². The highest BCUT2D eigenvalue weighted by Crippen LogP contribution is 2.39. The van der Waals surface area contributed by atoms with E-state index in [1.807, 2.05) is 0 Å². The van der Waals surface area contributed by atoms with Crippen molar-refractivity contribution in [2.45, 2.75) is 38.0 Å². The summed E-state index contributed by atoms with van der Waals surface area (Å²) < 4.78 is 70.7. The van der Waals surface area contributed by atoms with E-state index in [1.165, 1.54) is 47.6 Å². The van der Waals surface area contributed by atoms with Gasteiger partial charge in [-0.25, -0.2) is 8.78 Å². The molecule has 0 saturated heterocycles. The predicted molar refractivity (Wildman–Crippen MR) is 119 cm³/mol. The fourth-order valence-electron chi connectivity index (χ4n) is 4.91. The first kappa shape index (κ1) is 23.8. The lowest BCUT2D eigenvalue weighted by atomic mass is 9.93. The van der Waals surface area contributed by atoms with E-state index in [1.54, 1.807) is 0 Å². The second-order valence-electron chi connectivity index (χ2n) is 8.88. The van der Waals surface area contributed by atoms with E-state index in [0.29, 0.717) is 40.0 Å². The number of hydrogen-bond acceptors (Lipinski definition) is 4. The van der Waals surface area contributed by atoms with E-state index in [9.17, 15) is 36.6 Å². The largest absolute Gasteiger partial charge is 0.502 e. The van der Waals surface area contributed by atoms with E-state index >= 15 is 0 Å². The van der Waals surface area contributed by atoms with E-state index in [2.05, 4.69) is 0 Å². The number of aryl methyl sites for hydroxylation is 2. The highest BCUT2D eigenvalue weighted by atomic mass is 19.4. The minimum absolute atomic E-state index is 0.345. The molecule has 1 atom stereocenters. The van der Waals surface area contributed by atoms with Crippen molar-refractivity contribution in [3.05, 3.63) is 98.5 Å². The molecule has 2 aliphatic rings. The normalized spacial score (nSPS) is 16.8. The average molecular weight is 505 g/mol. The van der Waals surface area contributed by atoms with Crippen LogP contribution in [0.2, 0.25) is 0 Å². The van der Waals surface area contributed by atoms with Crippen molar-refractivity contribution in [1.82, 2.24) is 9.58 Å². The SMILES string of the molecule is C[C@@H](N1CN(C2c3ccc(F)cc3CCc3cc(F)ccc32)n2ccc(=O)c(O)c2C1=O)C(F)(F)F. The molecule has 0 bridgehead atoms. The summed E-state index contributed by atoms with van der Waals surface area (Å²) in [6.45, 7) is 0.233. The van der Waals surface area contributed by atoms with Crippen LogP contribution in [0, 0.1) is 11.6 Å². The van der Waals surface area contributed by atoms with Gasteiger partial charge in [0.2, 0.25) is 5.43 Å². The van der Waals surface area contributed by atoms with Crippen LogP contribution in [0.25, 0.3) is 0 Å². The molecule has 2 heterocycles. The molecule has 0 spiro atoms. The fourth-order valence-corrected chi connectivity index (χ4v) is 4.91. The topological polar surface area (TPSA) is 65.8 Å². The molecule has 1 N–H and O–H groups in total. The minimum Gasteiger partial charge on any atom is -0.502 e. The van der Waals surface area contributed by atoms with E-state index in [-0.39, 0.29) is 0 Å². The Kier molecular flexibility index (Phi) is 5.53. The molecule has 36 heavy (non-hydrogen) atoms. The van der Waals surface area contributed by atoms with Gasteiger partial charge >= 0.3 is 6.18 Å². The van der Waals surface area contributed by atoms with Crippen LogP contribution in [0.15, 0.2) is 53.5 Å². The smallest absolute Gasteiger partial charge is 0.408 e. The first-order valence-electron chi connectivity index (χ1n) is 11.1. The van der Waals surface area contributed by atoms with Gasteiger partial charge in [0.25, 0.3) is 5.91 Å². The quantitative estimate of drug-likeness (QED) is 0.535. The number of aromatic nitrogens is 1. The molecule has 188 valence electrons. The van der Waals surface area contributed by atoms with Crippen molar-refractivity contribution in [2.75, 3.05) is 11.7 Å². The lowest BCUT2D eigenvalue weighted by Gasteiger charge is -2.46. The predicted octanol–water partition coefficient (Wildman–Crippen LogP) is 4.02. The Morgan fingerprint density at radius 2 is 1.50 bits per heavy atom. The van der Waals surface area contributed by atoms with Gasteiger partial charge in [-0.3, -0.25) is 19.3 Å². The molecule has 0 unspecified atom stereocenters. The zero-order valence-electron chi connectivity index (χ0n) is 18.9. The Bertz CT molecular complexity index is 1380. The van der Waals surface area contributed by atoms with Crippen molar-refractivity contribution in [3.8, 4) is 5.75 Å². The van der Waals surface area contributed by atoms with Crippen molar-refractivity contribution in [1.29, 1.82) is 0 Å². The molecule has 11 heteroatoms. The van der Waals surface area contributed by atoms with Gasteiger partial charge in [0.1, 0.15) is 24.3 Å². The van der Waals surface area contributed by atoms with Crippen molar-refractivity contribution >= 4 is 5.91 Å². The number of hydrogen-bond donors (Lipinski definition) is 1. The third-order valence-corrected chi connectivity index (χ3v) is 6.79. The van der Waals surface area contributed by atoms with Gasteiger partial charge in [-0.1, -0.05) is 12.1 Å². The molecule has 1 aliphatic carbocycles. The Labute approximate surface area is 201 Å². The van der Waals surface area contributed by atoms with Crippen LogP contribution in [0.4, 0.5) is 22.0 Å².